The first-order chi connectivity index (χ1) is 9.08. The Morgan fingerprint density at radius 2 is 2.05 bits per heavy atom. The summed E-state index contributed by atoms with van der Waals surface area (Å²) in [5.41, 5.74) is 0.815. The van der Waals surface area contributed by atoms with E-state index in [0.29, 0.717) is 10.6 Å². The van der Waals surface area contributed by atoms with Crippen LogP contribution >= 0.6 is 11.3 Å². The van der Waals surface area contributed by atoms with Crippen molar-refractivity contribution in [2.75, 3.05) is 0 Å². The molecule has 3 rings (SSSR count). The average molecular weight is 274 g/mol. The van der Waals surface area contributed by atoms with Crippen molar-refractivity contribution >= 4 is 32.5 Å². The van der Waals surface area contributed by atoms with E-state index in [1.54, 1.807) is 0 Å². The summed E-state index contributed by atoms with van der Waals surface area (Å²) in [4.78, 5) is 17.1. The minimum atomic E-state index is -0.221. The Hall–Kier alpha value is -1.88. The number of benzene rings is 1. The SMILES string of the molecule is CC(C)Oc1nc(=O)c2c3ccccc3n(C)c2s1. The van der Waals surface area contributed by atoms with Crippen molar-refractivity contribution in [2.45, 2.75) is 20.0 Å². The summed E-state index contributed by atoms with van der Waals surface area (Å²) < 4.78 is 7.57. The standard InChI is InChI=1S/C14H14N2O2S/c1-8(2)18-14-15-12(17)11-9-6-4-5-7-10(9)16(3)13(11)19-14/h4-8H,1-3H3. The van der Waals surface area contributed by atoms with E-state index in [1.165, 1.54) is 11.3 Å². The fourth-order valence-corrected chi connectivity index (χ4v) is 3.26. The number of nitrogens with zero attached hydrogens (tertiary/aromatic N) is 2. The first-order valence-electron chi connectivity index (χ1n) is 6.13. The van der Waals surface area contributed by atoms with Crippen LogP contribution in [0.4, 0.5) is 0 Å². The summed E-state index contributed by atoms with van der Waals surface area (Å²) in [6.07, 6.45) is 0.00952. The number of rotatable bonds is 2. The zero-order valence-electron chi connectivity index (χ0n) is 11.0. The molecular weight excluding hydrogens is 260 g/mol. The van der Waals surface area contributed by atoms with E-state index in [0.717, 1.165) is 15.7 Å². The Labute approximate surface area is 114 Å². The van der Waals surface area contributed by atoms with Crippen molar-refractivity contribution in [3.63, 3.8) is 0 Å². The van der Waals surface area contributed by atoms with E-state index in [-0.39, 0.29) is 11.7 Å². The van der Waals surface area contributed by atoms with Crippen molar-refractivity contribution in [3.8, 4) is 5.19 Å². The number of fused-ring (bicyclic) bond motifs is 3. The van der Waals surface area contributed by atoms with Crippen LogP contribution in [0.3, 0.4) is 0 Å². The zero-order chi connectivity index (χ0) is 13.6. The van der Waals surface area contributed by atoms with Gasteiger partial charge < -0.3 is 9.30 Å². The number of ether oxygens (including phenoxy) is 1. The van der Waals surface area contributed by atoms with Gasteiger partial charge in [0.2, 0.25) is 0 Å². The minimum Gasteiger partial charge on any atom is -0.467 e. The van der Waals surface area contributed by atoms with E-state index in [4.69, 9.17) is 4.74 Å². The van der Waals surface area contributed by atoms with E-state index in [9.17, 15) is 4.79 Å². The molecule has 1 aromatic carbocycles. The van der Waals surface area contributed by atoms with Crippen LogP contribution in [0.1, 0.15) is 13.8 Å². The second-order valence-corrected chi connectivity index (χ2v) is 5.65. The summed E-state index contributed by atoms with van der Waals surface area (Å²) in [6.45, 7) is 3.84. The van der Waals surface area contributed by atoms with Crippen LogP contribution in [-0.4, -0.2) is 15.7 Å². The first kappa shape index (κ1) is 12.2. The van der Waals surface area contributed by atoms with Crippen LogP contribution in [0.2, 0.25) is 0 Å². The third-order valence-electron chi connectivity index (χ3n) is 2.98. The largest absolute Gasteiger partial charge is 0.467 e. The van der Waals surface area contributed by atoms with Crippen LogP contribution in [0.15, 0.2) is 29.1 Å². The normalized spacial score (nSPS) is 11.6. The molecule has 0 fully saturated rings. The van der Waals surface area contributed by atoms with Crippen molar-refractivity contribution in [2.24, 2.45) is 7.05 Å². The van der Waals surface area contributed by atoms with Gasteiger partial charge in [0, 0.05) is 18.0 Å². The molecule has 0 unspecified atom stereocenters. The van der Waals surface area contributed by atoms with Crippen molar-refractivity contribution < 1.29 is 4.74 Å². The molecule has 0 atom stereocenters. The lowest BCUT2D eigenvalue weighted by Gasteiger charge is -2.07. The average Bonchev–Trinajstić information content (AvgIpc) is 2.63. The van der Waals surface area contributed by atoms with Gasteiger partial charge in [0.1, 0.15) is 4.83 Å². The molecule has 98 valence electrons. The smallest absolute Gasteiger partial charge is 0.284 e. The van der Waals surface area contributed by atoms with Crippen LogP contribution in [0.5, 0.6) is 5.19 Å². The molecule has 0 saturated carbocycles. The van der Waals surface area contributed by atoms with Gasteiger partial charge in [-0.25, -0.2) is 0 Å². The maximum Gasteiger partial charge on any atom is 0.284 e. The van der Waals surface area contributed by atoms with Crippen LogP contribution in [-0.2, 0) is 7.05 Å². The van der Waals surface area contributed by atoms with Crippen molar-refractivity contribution in [3.05, 3.63) is 34.6 Å². The lowest BCUT2D eigenvalue weighted by atomic mass is 10.2. The molecule has 5 heteroatoms. The summed E-state index contributed by atoms with van der Waals surface area (Å²) in [7, 11) is 1.96. The molecule has 0 N–H and O–H groups in total. The highest BCUT2D eigenvalue weighted by Crippen LogP contribution is 2.31. The quantitative estimate of drug-likeness (QED) is 0.721. The molecule has 0 radical (unpaired) electrons. The molecule has 0 spiro atoms. The van der Waals surface area contributed by atoms with Gasteiger partial charge >= 0.3 is 0 Å². The second-order valence-electron chi connectivity index (χ2n) is 4.71. The summed E-state index contributed by atoms with van der Waals surface area (Å²) in [6, 6.07) is 7.86. The Bertz CT molecular complexity index is 817. The Kier molecular flexibility index (Phi) is 2.78. The van der Waals surface area contributed by atoms with Crippen LogP contribution < -0.4 is 10.3 Å². The molecule has 19 heavy (non-hydrogen) atoms. The molecule has 2 aromatic heterocycles. The van der Waals surface area contributed by atoms with Crippen molar-refractivity contribution in [1.82, 2.24) is 9.55 Å². The zero-order valence-corrected chi connectivity index (χ0v) is 11.8. The third kappa shape index (κ3) is 1.90. The van der Waals surface area contributed by atoms with Gasteiger partial charge in [-0.15, -0.1) is 0 Å². The molecule has 4 nitrogen and oxygen atoms in total. The highest BCUT2D eigenvalue weighted by Gasteiger charge is 2.14. The maximum absolute atomic E-state index is 12.2. The highest BCUT2D eigenvalue weighted by molar-refractivity contribution is 7.19. The van der Waals surface area contributed by atoms with E-state index >= 15 is 0 Å². The maximum atomic E-state index is 12.2. The second kappa shape index (κ2) is 4.35. The summed E-state index contributed by atoms with van der Waals surface area (Å²) in [5.74, 6) is 0. The predicted octanol–water partition coefficient (Wildman–Crippen LogP) is 2.94. The highest BCUT2D eigenvalue weighted by atomic mass is 32.1. The van der Waals surface area contributed by atoms with Gasteiger partial charge in [-0.05, 0) is 19.9 Å². The molecule has 0 saturated heterocycles. The Morgan fingerprint density at radius 1 is 1.32 bits per heavy atom. The van der Waals surface area contributed by atoms with E-state index in [1.807, 2.05) is 49.7 Å². The summed E-state index contributed by atoms with van der Waals surface area (Å²) in [5, 5.41) is 2.06. The molecule has 0 aliphatic heterocycles. The van der Waals surface area contributed by atoms with Crippen molar-refractivity contribution in [1.29, 1.82) is 0 Å². The first-order valence-corrected chi connectivity index (χ1v) is 6.94. The minimum absolute atomic E-state index is 0.00952. The number of hydrogen-bond acceptors (Lipinski definition) is 4. The number of hydrogen-bond donors (Lipinski definition) is 0. The monoisotopic (exact) mass is 274 g/mol. The summed E-state index contributed by atoms with van der Waals surface area (Å²) >= 11 is 1.41. The third-order valence-corrected chi connectivity index (χ3v) is 4.01. The van der Waals surface area contributed by atoms with Crippen LogP contribution in [0.25, 0.3) is 21.1 Å². The predicted molar refractivity (Wildman–Crippen MR) is 78.1 cm³/mol. The number of aryl methyl sites for hydroxylation is 1. The van der Waals surface area contributed by atoms with Gasteiger partial charge in [0.15, 0.2) is 0 Å². The Balaban J connectivity index is 2.40. The van der Waals surface area contributed by atoms with E-state index in [2.05, 4.69) is 4.98 Å². The molecule has 0 bridgehead atoms. The lowest BCUT2D eigenvalue weighted by molar-refractivity contribution is 0.240. The van der Waals surface area contributed by atoms with Gasteiger partial charge in [0.05, 0.1) is 11.5 Å². The molecule has 0 aliphatic rings. The fraction of sp³-hybridized carbons (Fsp3) is 0.286. The molecule has 3 aromatic rings. The Morgan fingerprint density at radius 3 is 2.79 bits per heavy atom. The van der Waals surface area contributed by atoms with Gasteiger partial charge in [-0.2, -0.15) is 4.98 Å². The van der Waals surface area contributed by atoms with Gasteiger partial charge in [0.25, 0.3) is 10.8 Å². The molecule has 2 heterocycles. The molecule has 0 amide bonds. The topological polar surface area (TPSA) is 44.1 Å². The molecule has 0 aliphatic carbocycles. The molecular formula is C14H14N2O2S. The number of aromatic nitrogens is 2. The van der Waals surface area contributed by atoms with Crippen LogP contribution in [0, 0.1) is 0 Å². The van der Waals surface area contributed by atoms with E-state index < -0.39 is 0 Å². The fourth-order valence-electron chi connectivity index (χ4n) is 2.19. The van der Waals surface area contributed by atoms with Gasteiger partial charge in [-0.3, -0.25) is 4.79 Å². The lowest BCUT2D eigenvalue weighted by Crippen LogP contribution is -2.11. The number of para-hydroxylation sites is 1. The van der Waals surface area contributed by atoms with Gasteiger partial charge in [-0.1, -0.05) is 29.5 Å².